The summed E-state index contributed by atoms with van der Waals surface area (Å²) in [7, 11) is 0. The van der Waals surface area contributed by atoms with Crippen molar-refractivity contribution >= 4 is 10.9 Å². The largest absolute Gasteiger partial charge is 0.491 e. The van der Waals surface area contributed by atoms with Crippen LogP contribution in [0.25, 0.3) is 33.4 Å². The summed E-state index contributed by atoms with van der Waals surface area (Å²) in [6.07, 6.45) is 2.03. The summed E-state index contributed by atoms with van der Waals surface area (Å²) in [6.45, 7) is 2.12. The van der Waals surface area contributed by atoms with Crippen LogP contribution < -0.4 is 20.3 Å². The van der Waals surface area contributed by atoms with Crippen molar-refractivity contribution in [1.82, 2.24) is 14.9 Å². The van der Waals surface area contributed by atoms with E-state index in [0.717, 1.165) is 37.1 Å². The Hall–Kier alpha value is -3.79. The van der Waals surface area contributed by atoms with E-state index in [2.05, 4.69) is 5.32 Å². The fourth-order valence-electron chi connectivity index (χ4n) is 4.97. The summed E-state index contributed by atoms with van der Waals surface area (Å²) in [5.74, 6) is 1.32. The van der Waals surface area contributed by atoms with Gasteiger partial charge in [0.05, 0.1) is 29.7 Å². The highest BCUT2D eigenvalue weighted by Crippen LogP contribution is 2.34. The molecule has 1 saturated heterocycles. The molecule has 0 aliphatic carbocycles. The number of aliphatic hydroxyl groups is 2. The summed E-state index contributed by atoms with van der Waals surface area (Å²) in [5.41, 5.74) is 2.58. The number of ether oxygens (including phenoxy) is 2. The number of piperidine rings is 1. The fourth-order valence-corrected chi connectivity index (χ4v) is 4.97. The number of aliphatic hydroxyl groups excluding tert-OH is 2. The molecule has 5 rings (SSSR count). The highest BCUT2D eigenvalue weighted by Gasteiger charge is 2.22. The number of hydrogen-bond donors (Lipinski definition) is 3. The van der Waals surface area contributed by atoms with E-state index in [1.54, 1.807) is 41.0 Å². The minimum atomic E-state index is -0.318. The molecule has 1 unspecified atom stereocenters. The standard InChI is InChI=1S/C30H32FN3O5/c31-23-6-3-21(4-7-23)22-5-10-27-26(16-22)30(37)34(19-20-2-1-11-32-18-20)29(33-27)25-9-8-24(38-14-12-35)17-28(25)39-15-13-36/h3-10,16-17,20,32,35-36H,1-2,11-15,18-19H2. The third-order valence-corrected chi connectivity index (χ3v) is 6.87. The van der Waals surface area contributed by atoms with Crippen LogP contribution in [0, 0.1) is 11.7 Å². The Balaban J connectivity index is 1.66. The maximum absolute atomic E-state index is 14.1. The first-order valence-electron chi connectivity index (χ1n) is 13.2. The zero-order valence-electron chi connectivity index (χ0n) is 21.6. The predicted octanol–water partition coefficient (Wildman–Crippen LogP) is 3.61. The Bertz CT molecular complexity index is 1480. The van der Waals surface area contributed by atoms with Crippen LogP contribution in [-0.4, -0.2) is 59.3 Å². The van der Waals surface area contributed by atoms with Crippen LogP contribution in [0.3, 0.4) is 0 Å². The van der Waals surface area contributed by atoms with Gasteiger partial charge in [0.25, 0.3) is 5.56 Å². The molecule has 2 heterocycles. The number of hydrogen-bond acceptors (Lipinski definition) is 7. The first kappa shape index (κ1) is 26.8. The third-order valence-electron chi connectivity index (χ3n) is 6.87. The maximum Gasteiger partial charge on any atom is 0.261 e. The molecular formula is C30H32FN3O5. The first-order valence-corrected chi connectivity index (χ1v) is 13.2. The van der Waals surface area contributed by atoms with Gasteiger partial charge in [-0.25, -0.2) is 9.37 Å². The first-order chi connectivity index (χ1) is 19.1. The zero-order chi connectivity index (χ0) is 27.2. The molecule has 0 bridgehead atoms. The van der Waals surface area contributed by atoms with Crippen molar-refractivity contribution < 1.29 is 24.1 Å². The summed E-state index contributed by atoms with van der Waals surface area (Å²) in [6, 6.07) is 16.9. The number of aromatic nitrogens is 2. The molecule has 0 amide bonds. The van der Waals surface area contributed by atoms with Crippen LogP contribution in [0.1, 0.15) is 12.8 Å². The number of halogens is 1. The van der Waals surface area contributed by atoms with E-state index in [4.69, 9.17) is 19.6 Å². The lowest BCUT2D eigenvalue weighted by atomic mass is 9.99. The average molecular weight is 534 g/mol. The van der Waals surface area contributed by atoms with Gasteiger partial charge in [-0.3, -0.25) is 9.36 Å². The zero-order valence-corrected chi connectivity index (χ0v) is 21.6. The van der Waals surface area contributed by atoms with E-state index < -0.39 is 0 Å². The minimum absolute atomic E-state index is 0.0574. The van der Waals surface area contributed by atoms with E-state index in [0.29, 0.717) is 40.3 Å². The van der Waals surface area contributed by atoms with Gasteiger partial charge in [0.1, 0.15) is 36.4 Å². The van der Waals surface area contributed by atoms with Crippen molar-refractivity contribution in [1.29, 1.82) is 0 Å². The molecule has 1 aliphatic rings. The van der Waals surface area contributed by atoms with Gasteiger partial charge in [-0.2, -0.15) is 0 Å². The predicted molar refractivity (Wildman–Crippen MR) is 148 cm³/mol. The van der Waals surface area contributed by atoms with Crippen LogP contribution in [0.15, 0.2) is 65.5 Å². The van der Waals surface area contributed by atoms with Crippen molar-refractivity contribution in [3.8, 4) is 34.0 Å². The van der Waals surface area contributed by atoms with Gasteiger partial charge in [0.15, 0.2) is 0 Å². The average Bonchev–Trinajstić information content (AvgIpc) is 2.97. The Labute approximate surface area is 225 Å². The summed E-state index contributed by atoms with van der Waals surface area (Å²) in [5, 5.41) is 22.4. The molecule has 3 aromatic carbocycles. The number of benzene rings is 3. The van der Waals surface area contributed by atoms with Gasteiger partial charge in [-0.05, 0) is 79.4 Å². The van der Waals surface area contributed by atoms with Crippen molar-refractivity contribution in [3.63, 3.8) is 0 Å². The highest BCUT2D eigenvalue weighted by molar-refractivity contribution is 5.85. The topological polar surface area (TPSA) is 106 Å². The summed E-state index contributed by atoms with van der Waals surface area (Å²) in [4.78, 5) is 19.0. The quantitative estimate of drug-likeness (QED) is 0.286. The molecule has 0 radical (unpaired) electrons. The van der Waals surface area contributed by atoms with Crippen molar-refractivity contribution in [2.75, 3.05) is 39.5 Å². The van der Waals surface area contributed by atoms with Crippen molar-refractivity contribution in [3.05, 3.63) is 76.8 Å². The molecule has 204 valence electrons. The number of nitrogens with one attached hydrogen (secondary N) is 1. The summed E-state index contributed by atoms with van der Waals surface area (Å²) < 4.78 is 26.6. The Morgan fingerprint density at radius 1 is 0.974 bits per heavy atom. The lowest BCUT2D eigenvalue weighted by molar-refractivity contribution is 0.195. The molecule has 1 fully saturated rings. The molecule has 1 atom stereocenters. The summed E-state index contributed by atoms with van der Waals surface area (Å²) >= 11 is 0. The van der Waals surface area contributed by atoms with Gasteiger partial charge in [0.2, 0.25) is 0 Å². The molecule has 8 nitrogen and oxygen atoms in total. The Morgan fingerprint density at radius 2 is 1.74 bits per heavy atom. The molecule has 1 aliphatic heterocycles. The van der Waals surface area contributed by atoms with Crippen LogP contribution in [0.4, 0.5) is 4.39 Å². The van der Waals surface area contributed by atoms with Gasteiger partial charge < -0.3 is 25.0 Å². The smallest absolute Gasteiger partial charge is 0.261 e. The van der Waals surface area contributed by atoms with Gasteiger partial charge >= 0.3 is 0 Å². The molecule has 39 heavy (non-hydrogen) atoms. The maximum atomic E-state index is 14.1. The fraction of sp³-hybridized carbons (Fsp3) is 0.333. The minimum Gasteiger partial charge on any atom is -0.491 e. The molecule has 0 saturated carbocycles. The van der Waals surface area contributed by atoms with Crippen molar-refractivity contribution in [2.45, 2.75) is 19.4 Å². The number of fused-ring (bicyclic) bond motifs is 1. The van der Waals surface area contributed by atoms with E-state index in [9.17, 15) is 14.3 Å². The second-order valence-corrected chi connectivity index (χ2v) is 9.60. The molecule has 1 aromatic heterocycles. The molecule has 3 N–H and O–H groups in total. The normalized spacial score (nSPS) is 15.4. The van der Waals surface area contributed by atoms with E-state index in [1.807, 2.05) is 12.1 Å². The molecule has 0 spiro atoms. The third kappa shape index (κ3) is 6.11. The van der Waals surface area contributed by atoms with Gasteiger partial charge in [-0.1, -0.05) is 18.2 Å². The van der Waals surface area contributed by atoms with Crippen LogP contribution in [0.2, 0.25) is 0 Å². The van der Waals surface area contributed by atoms with Crippen LogP contribution in [0.5, 0.6) is 11.5 Å². The van der Waals surface area contributed by atoms with Crippen molar-refractivity contribution in [2.24, 2.45) is 5.92 Å². The van der Waals surface area contributed by atoms with E-state index >= 15 is 0 Å². The lowest BCUT2D eigenvalue weighted by Crippen LogP contribution is -2.35. The molecule has 4 aromatic rings. The van der Waals surface area contributed by atoms with E-state index in [-0.39, 0.29) is 43.7 Å². The second kappa shape index (κ2) is 12.4. The Kier molecular flexibility index (Phi) is 8.51. The monoisotopic (exact) mass is 533 g/mol. The second-order valence-electron chi connectivity index (χ2n) is 9.60. The SMILES string of the molecule is O=c1c2cc(-c3ccc(F)cc3)ccc2nc(-c2ccc(OCCO)cc2OCCO)n1CC1CCCNC1. The lowest BCUT2D eigenvalue weighted by Gasteiger charge is -2.25. The Morgan fingerprint density at radius 3 is 2.49 bits per heavy atom. The van der Waals surface area contributed by atoms with Gasteiger partial charge in [-0.15, -0.1) is 0 Å². The molecular weight excluding hydrogens is 501 g/mol. The van der Waals surface area contributed by atoms with Gasteiger partial charge in [0, 0.05) is 12.6 Å². The highest BCUT2D eigenvalue weighted by atomic mass is 19.1. The van der Waals surface area contributed by atoms with Crippen LogP contribution >= 0.6 is 0 Å². The van der Waals surface area contributed by atoms with E-state index in [1.165, 1.54) is 12.1 Å². The number of nitrogens with zero attached hydrogens (tertiary/aromatic N) is 2. The molecule has 9 heteroatoms. The number of rotatable bonds is 10. The van der Waals surface area contributed by atoms with Crippen LogP contribution in [-0.2, 0) is 6.54 Å².